The highest BCUT2D eigenvalue weighted by molar-refractivity contribution is 8.04. The lowest BCUT2D eigenvalue weighted by molar-refractivity contribution is -0.116. The predicted octanol–water partition coefficient (Wildman–Crippen LogP) is 3.09. The van der Waals surface area contributed by atoms with E-state index in [-0.39, 0.29) is 11.3 Å². The molecule has 1 fully saturated rings. The summed E-state index contributed by atoms with van der Waals surface area (Å²) in [4.78, 5) is 19.3. The molecule has 0 aliphatic carbocycles. The third-order valence-corrected chi connectivity index (χ3v) is 5.00. The molecule has 1 aliphatic heterocycles. The lowest BCUT2D eigenvalue weighted by atomic mass is 10.1. The number of nitrogens with one attached hydrogen (secondary N) is 1. The van der Waals surface area contributed by atoms with E-state index in [4.69, 9.17) is 0 Å². The van der Waals surface area contributed by atoms with E-state index in [1.165, 1.54) is 5.56 Å². The van der Waals surface area contributed by atoms with Crippen LogP contribution in [0.4, 0.5) is 0 Å². The van der Waals surface area contributed by atoms with Gasteiger partial charge < -0.3 is 10.2 Å². The maximum Gasteiger partial charge on any atom is 0.258 e. The Labute approximate surface area is 147 Å². The maximum atomic E-state index is 12.2. The van der Waals surface area contributed by atoms with Crippen LogP contribution in [-0.2, 0) is 11.2 Å². The summed E-state index contributed by atoms with van der Waals surface area (Å²) < 4.78 is 0. The number of thioether (sulfide) groups is 1. The first-order chi connectivity index (χ1) is 11.6. The highest BCUT2D eigenvalue weighted by atomic mass is 32.2. The third-order valence-electron chi connectivity index (χ3n) is 3.81. The van der Waals surface area contributed by atoms with Gasteiger partial charge in [-0.2, -0.15) is 0 Å². The fourth-order valence-corrected chi connectivity index (χ4v) is 3.59. The van der Waals surface area contributed by atoms with Gasteiger partial charge in [-0.3, -0.25) is 9.78 Å². The molecule has 1 N–H and O–H groups in total. The van der Waals surface area contributed by atoms with Crippen molar-refractivity contribution in [3.05, 3.63) is 70.4 Å². The summed E-state index contributed by atoms with van der Waals surface area (Å²) in [5.41, 5.74) is 3.36. The molecule has 1 amide bonds. The molecule has 4 nitrogen and oxygen atoms in total. The maximum absolute atomic E-state index is 12.2. The van der Waals surface area contributed by atoms with Crippen LogP contribution in [0.25, 0.3) is 6.08 Å². The molecule has 5 heteroatoms. The van der Waals surface area contributed by atoms with Gasteiger partial charge in [0.15, 0.2) is 0 Å². The van der Waals surface area contributed by atoms with Gasteiger partial charge in [0, 0.05) is 24.5 Å². The average molecular weight is 339 g/mol. The standard InChI is InChI=1S/C19H21N3OS/c1-22(2)10-8-14-5-3-6-15(11-14)12-17-18(23)21-19(24-17)16-7-4-9-20-13-16/h3-7,9,11-13,19H,8,10H2,1-2H3,(H,21,23). The van der Waals surface area contributed by atoms with Crippen LogP contribution in [0, 0.1) is 0 Å². The summed E-state index contributed by atoms with van der Waals surface area (Å²) in [7, 11) is 4.15. The summed E-state index contributed by atoms with van der Waals surface area (Å²) in [6.45, 7) is 1.01. The largest absolute Gasteiger partial charge is 0.335 e. The number of carbonyl (C=O) groups excluding carboxylic acids is 1. The first-order valence-corrected chi connectivity index (χ1v) is 8.82. The molecule has 1 aromatic heterocycles. The Hall–Kier alpha value is -2.11. The minimum atomic E-state index is -0.0608. The number of nitrogens with zero attached hydrogens (tertiary/aromatic N) is 2. The normalized spacial score (nSPS) is 19.0. The number of rotatable bonds is 5. The van der Waals surface area contributed by atoms with Crippen molar-refractivity contribution in [3.63, 3.8) is 0 Å². The molecule has 1 atom stereocenters. The SMILES string of the molecule is CN(C)CCc1cccc(C=C2SC(c3cccnc3)NC2=O)c1. The third kappa shape index (κ3) is 4.24. The van der Waals surface area contributed by atoms with Crippen LogP contribution >= 0.6 is 11.8 Å². The number of hydrogen-bond donors (Lipinski definition) is 1. The fourth-order valence-electron chi connectivity index (χ4n) is 2.52. The Morgan fingerprint density at radius 1 is 1.29 bits per heavy atom. The molecule has 1 saturated heterocycles. The Bertz CT molecular complexity index is 743. The number of carbonyl (C=O) groups is 1. The molecule has 3 rings (SSSR count). The van der Waals surface area contributed by atoms with E-state index < -0.39 is 0 Å². The first kappa shape index (κ1) is 16.7. The number of amides is 1. The van der Waals surface area contributed by atoms with Gasteiger partial charge in [0.1, 0.15) is 5.37 Å². The van der Waals surface area contributed by atoms with Crippen molar-refractivity contribution in [1.29, 1.82) is 0 Å². The van der Waals surface area contributed by atoms with Crippen LogP contribution in [0.3, 0.4) is 0 Å². The lowest BCUT2D eigenvalue weighted by Crippen LogP contribution is -2.18. The van der Waals surface area contributed by atoms with E-state index >= 15 is 0 Å². The Morgan fingerprint density at radius 3 is 2.92 bits per heavy atom. The minimum absolute atomic E-state index is 0.0208. The Balaban J connectivity index is 1.74. The quantitative estimate of drug-likeness (QED) is 0.850. The molecule has 1 aliphatic rings. The molecule has 24 heavy (non-hydrogen) atoms. The van der Waals surface area contributed by atoms with Crippen LogP contribution in [-0.4, -0.2) is 36.4 Å². The summed E-state index contributed by atoms with van der Waals surface area (Å²) in [6, 6.07) is 12.2. The number of aromatic nitrogens is 1. The summed E-state index contributed by atoms with van der Waals surface area (Å²) in [5.74, 6) is -0.0208. The van der Waals surface area contributed by atoms with Crippen molar-refractivity contribution >= 4 is 23.7 Å². The fraction of sp³-hybridized carbons (Fsp3) is 0.263. The molecule has 124 valence electrons. The second-order valence-corrected chi connectivity index (χ2v) is 7.21. The van der Waals surface area contributed by atoms with Crippen LogP contribution < -0.4 is 5.32 Å². The molecule has 0 saturated carbocycles. The number of benzene rings is 1. The number of hydrogen-bond acceptors (Lipinski definition) is 4. The van der Waals surface area contributed by atoms with Gasteiger partial charge in [0.2, 0.25) is 0 Å². The van der Waals surface area contributed by atoms with Crippen LogP contribution in [0.5, 0.6) is 0 Å². The van der Waals surface area contributed by atoms with Gasteiger partial charge in [-0.15, -0.1) is 0 Å². The van der Waals surface area contributed by atoms with Gasteiger partial charge >= 0.3 is 0 Å². The van der Waals surface area contributed by atoms with Crippen molar-refractivity contribution < 1.29 is 4.79 Å². The van der Waals surface area contributed by atoms with E-state index in [1.54, 1.807) is 24.2 Å². The molecule has 1 aromatic carbocycles. The lowest BCUT2D eigenvalue weighted by Gasteiger charge is -2.09. The van der Waals surface area contributed by atoms with E-state index in [0.29, 0.717) is 0 Å². The van der Waals surface area contributed by atoms with Crippen LogP contribution in [0.1, 0.15) is 22.1 Å². The summed E-state index contributed by atoms with van der Waals surface area (Å²) >= 11 is 1.54. The monoisotopic (exact) mass is 339 g/mol. The molecule has 0 radical (unpaired) electrons. The molecule has 2 aromatic rings. The Kier molecular flexibility index (Phi) is 5.33. The Morgan fingerprint density at radius 2 is 2.17 bits per heavy atom. The van der Waals surface area contributed by atoms with Crippen LogP contribution in [0.15, 0.2) is 53.7 Å². The zero-order chi connectivity index (χ0) is 16.9. The molecule has 0 spiro atoms. The highest BCUT2D eigenvalue weighted by Crippen LogP contribution is 2.38. The van der Waals surface area contributed by atoms with E-state index in [9.17, 15) is 4.79 Å². The van der Waals surface area contributed by atoms with E-state index in [2.05, 4.69) is 41.4 Å². The molecule has 2 heterocycles. The van der Waals surface area contributed by atoms with Gasteiger partial charge in [-0.1, -0.05) is 42.1 Å². The highest BCUT2D eigenvalue weighted by Gasteiger charge is 2.28. The van der Waals surface area contributed by atoms with E-state index in [1.807, 2.05) is 30.3 Å². The van der Waals surface area contributed by atoms with Gasteiger partial charge in [0.05, 0.1) is 4.91 Å². The van der Waals surface area contributed by atoms with E-state index in [0.717, 1.165) is 29.0 Å². The topological polar surface area (TPSA) is 45.2 Å². The summed E-state index contributed by atoms with van der Waals surface area (Å²) in [5, 5.41) is 2.94. The van der Waals surface area contributed by atoms with Crippen molar-refractivity contribution in [1.82, 2.24) is 15.2 Å². The van der Waals surface area contributed by atoms with Crippen molar-refractivity contribution in [3.8, 4) is 0 Å². The second-order valence-electron chi connectivity index (χ2n) is 6.06. The molecule has 0 bridgehead atoms. The second kappa shape index (κ2) is 7.64. The van der Waals surface area contributed by atoms with Crippen molar-refractivity contribution in [2.75, 3.05) is 20.6 Å². The van der Waals surface area contributed by atoms with Crippen LogP contribution in [0.2, 0.25) is 0 Å². The number of likely N-dealkylation sites (N-methyl/N-ethyl adjacent to an activating group) is 1. The minimum Gasteiger partial charge on any atom is -0.335 e. The van der Waals surface area contributed by atoms with Crippen molar-refractivity contribution in [2.45, 2.75) is 11.8 Å². The van der Waals surface area contributed by atoms with Gasteiger partial charge in [-0.05, 0) is 43.8 Å². The zero-order valence-electron chi connectivity index (χ0n) is 13.9. The average Bonchev–Trinajstić information content (AvgIpc) is 2.95. The van der Waals surface area contributed by atoms with Gasteiger partial charge in [0.25, 0.3) is 5.91 Å². The summed E-state index contributed by atoms with van der Waals surface area (Å²) in [6.07, 6.45) is 6.50. The number of pyridine rings is 1. The van der Waals surface area contributed by atoms with Gasteiger partial charge in [-0.25, -0.2) is 0 Å². The predicted molar refractivity (Wildman–Crippen MR) is 99.4 cm³/mol. The zero-order valence-corrected chi connectivity index (χ0v) is 14.7. The molecular formula is C19H21N3OS. The smallest absolute Gasteiger partial charge is 0.258 e. The first-order valence-electron chi connectivity index (χ1n) is 7.94. The van der Waals surface area contributed by atoms with Crippen molar-refractivity contribution in [2.24, 2.45) is 0 Å². The molecule has 1 unspecified atom stereocenters. The molecular weight excluding hydrogens is 318 g/mol.